The standard InChI is InChI=1S/C18H22N4O2S/c1-2-25(23,24)13-11-22(12-13)18-16(10-20)15(9-19)14-7-5-3-4-6-8-17(14)21-18/h13H,2-8,11-12H2,1H3. The van der Waals surface area contributed by atoms with Gasteiger partial charge in [0.1, 0.15) is 23.5 Å². The average Bonchev–Trinajstić information content (AvgIpc) is 2.53. The Hall–Kier alpha value is -2.12. The zero-order chi connectivity index (χ0) is 18.0. The van der Waals surface area contributed by atoms with Crippen LogP contribution in [-0.2, 0) is 22.7 Å². The first kappa shape index (κ1) is 17.7. The molecule has 1 saturated heterocycles. The summed E-state index contributed by atoms with van der Waals surface area (Å²) in [6.07, 6.45) is 5.92. The summed E-state index contributed by atoms with van der Waals surface area (Å²) in [7, 11) is -3.08. The Morgan fingerprint density at radius 2 is 1.72 bits per heavy atom. The van der Waals surface area contributed by atoms with Crippen molar-refractivity contribution in [3.8, 4) is 12.1 Å². The molecule has 132 valence electrons. The number of nitriles is 2. The van der Waals surface area contributed by atoms with Crippen LogP contribution in [0.5, 0.6) is 0 Å². The maximum absolute atomic E-state index is 12.0. The van der Waals surface area contributed by atoms with Gasteiger partial charge in [-0.15, -0.1) is 0 Å². The van der Waals surface area contributed by atoms with Gasteiger partial charge in [-0.2, -0.15) is 10.5 Å². The van der Waals surface area contributed by atoms with E-state index in [0.29, 0.717) is 30.0 Å². The monoisotopic (exact) mass is 358 g/mol. The zero-order valence-electron chi connectivity index (χ0n) is 14.5. The van der Waals surface area contributed by atoms with E-state index in [2.05, 4.69) is 12.1 Å². The average molecular weight is 358 g/mol. The van der Waals surface area contributed by atoms with Gasteiger partial charge in [-0.3, -0.25) is 0 Å². The molecule has 25 heavy (non-hydrogen) atoms. The molecule has 1 aliphatic heterocycles. The molecule has 0 radical (unpaired) electrons. The highest BCUT2D eigenvalue weighted by molar-refractivity contribution is 7.92. The van der Waals surface area contributed by atoms with Crippen LogP contribution in [0.25, 0.3) is 0 Å². The van der Waals surface area contributed by atoms with Gasteiger partial charge >= 0.3 is 0 Å². The lowest BCUT2D eigenvalue weighted by molar-refractivity contribution is 0.538. The maximum Gasteiger partial charge on any atom is 0.156 e. The lowest BCUT2D eigenvalue weighted by Gasteiger charge is -2.40. The first-order chi connectivity index (χ1) is 12.0. The van der Waals surface area contributed by atoms with E-state index in [1.165, 1.54) is 0 Å². The number of hydrogen-bond donors (Lipinski definition) is 0. The van der Waals surface area contributed by atoms with E-state index >= 15 is 0 Å². The Bertz CT molecular complexity index is 859. The minimum Gasteiger partial charge on any atom is -0.353 e. The summed E-state index contributed by atoms with van der Waals surface area (Å²) in [6.45, 7) is 2.35. The lowest BCUT2D eigenvalue weighted by Crippen LogP contribution is -2.55. The third-order valence-electron chi connectivity index (χ3n) is 5.24. The topological polar surface area (TPSA) is 97.8 Å². The van der Waals surface area contributed by atoms with Crippen molar-refractivity contribution in [1.82, 2.24) is 4.98 Å². The minimum atomic E-state index is -3.08. The van der Waals surface area contributed by atoms with Gasteiger partial charge in [-0.1, -0.05) is 19.8 Å². The largest absolute Gasteiger partial charge is 0.353 e. The predicted octanol–water partition coefficient (Wildman–Crippen LogP) is 2.11. The van der Waals surface area contributed by atoms with E-state index in [1.807, 2.05) is 4.90 Å². The van der Waals surface area contributed by atoms with Gasteiger partial charge in [0, 0.05) is 24.5 Å². The molecule has 1 fully saturated rings. The van der Waals surface area contributed by atoms with Crippen LogP contribution in [0.15, 0.2) is 0 Å². The van der Waals surface area contributed by atoms with Gasteiger partial charge in [0.25, 0.3) is 0 Å². The number of fused-ring (bicyclic) bond motifs is 1. The van der Waals surface area contributed by atoms with Crippen molar-refractivity contribution in [2.45, 2.75) is 50.7 Å². The highest BCUT2D eigenvalue weighted by atomic mass is 32.2. The molecule has 2 aliphatic rings. The number of anilines is 1. The Balaban J connectivity index is 1.99. The summed E-state index contributed by atoms with van der Waals surface area (Å²) in [6, 6.07) is 4.35. The Morgan fingerprint density at radius 3 is 2.32 bits per heavy atom. The molecule has 0 atom stereocenters. The number of pyridine rings is 1. The van der Waals surface area contributed by atoms with Crippen molar-refractivity contribution in [3.63, 3.8) is 0 Å². The van der Waals surface area contributed by atoms with E-state index < -0.39 is 15.1 Å². The third-order valence-corrected chi connectivity index (χ3v) is 7.35. The second-order valence-corrected chi connectivity index (χ2v) is 9.30. The van der Waals surface area contributed by atoms with Gasteiger partial charge in [0.2, 0.25) is 0 Å². The lowest BCUT2D eigenvalue weighted by atomic mass is 9.91. The highest BCUT2D eigenvalue weighted by Crippen LogP contribution is 2.33. The van der Waals surface area contributed by atoms with Crippen LogP contribution in [0.3, 0.4) is 0 Å². The molecule has 1 aromatic heterocycles. The fraction of sp³-hybridized carbons (Fsp3) is 0.611. The minimum absolute atomic E-state index is 0.123. The molecule has 0 unspecified atom stereocenters. The normalized spacial score (nSPS) is 18.3. The predicted molar refractivity (Wildman–Crippen MR) is 95.0 cm³/mol. The fourth-order valence-corrected chi connectivity index (χ4v) is 4.90. The van der Waals surface area contributed by atoms with Gasteiger partial charge in [0.15, 0.2) is 9.84 Å². The molecule has 0 aromatic carbocycles. The fourth-order valence-electron chi connectivity index (χ4n) is 3.61. The molecule has 0 spiro atoms. The molecule has 0 bridgehead atoms. The number of hydrogen-bond acceptors (Lipinski definition) is 6. The second kappa shape index (κ2) is 7.01. The Labute approximate surface area is 149 Å². The summed E-state index contributed by atoms with van der Waals surface area (Å²) in [5, 5.41) is 18.8. The number of sulfone groups is 1. The molecule has 2 heterocycles. The van der Waals surface area contributed by atoms with E-state index in [1.54, 1.807) is 6.92 Å². The number of nitrogens with zero attached hydrogens (tertiary/aromatic N) is 4. The van der Waals surface area contributed by atoms with Crippen LogP contribution in [-0.4, -0.2) is 37.5 Å². The summed E-state index contributed by atoms with van der Waals surface area (Å²) in [4.78, 5) is 6.55. The summed E-state index contributed by atoms with van der Waals surface area (Å²) in [5.74, 6) is 0.610. The van der Waals surface area contributed by atoms with E-state index in [-0.39, 0.29) is 5.75 Å². The van der Waals surface area contributed by atoms with Crippen LogP contribution < -0.4 is 4.90 Å². The maximum atomic E-state index is 12.0. The van der Waals surface area contributed by atoms with Gasteiger partial charge in [-0.25, -0.2) is 13.4 Å². The van der Waals surface area contributed by atoms with Gasteiger partial charge in [-0.05, 0) is 31.2 Å². The summed E-state index contributed by atoms with van der Waals surface area (Å²) >= 11 is 0. The first-order valence-corrected chi connectivity index (χ1v) is 10.6. The van der Waals surface area contributed by atoms with Crippen molar-refractivity contribution < 1.29 is 8.42 Å². The Morgan fingerprint density at radius 1 is 1.08 bits per heavy atom. The van der Waals surface area contributed by atoms with E-state index in [4.69, 9.17) is 4.98 Å². The molecule has 7 heteroatoms. The molecular formula is C18H22N4O2S. The molecule has 0 N–H and O–H groups in total. The molecular weight excluding hydrogens is 336 g/mol. The first-order valence-electron chi connectivity index (χ1n) is 8.84. The molecule has 1 aliphatic carbocycles. The van der Waals surface area contributed by atoms with E-state index in [0.717, 1.165) is 49.8 Å². The van der Waals surface area contributed by atoms with Crippen molar-refractivity contribution in [3.05, 3.63) is 22.4 Å². The molecule has 1 aromatic rings. The number of aryl methyl sites for hydroxylation is 1. The second-order valence-electron chi connectivity index (χ2n) is 6.73. The third kappa shape index (κ3) is 3.21. The molecule has 0 amide bonds. The van der Waals surface area contributed by atoms with Crippen LogP contribution in [0.2, 0.25) is 0 Å². The molecule has 6 nitrogen and oxygen atoms in total. The van der Waals surface area contributed by atoms with Gasteiger partial charge in [0.05, 0.1) is 10.8 Å². The van der Waals surface area contributed by atoms with Crippen molar-refractivity contribution in [2.24, 2.45) is 0 Å². The summed E-state index contributed by atoms with van der Waals surface area (Å²) in [5.41, 5.74) is 2.56. The van der Waals surface area contributed by atoms with Gasteiger partial charge < -0.3 is 4.90 Å². The Kier molecular flexibility index (Phi) is 4.96. The quantitative estimate of drug-likeness (QED) is 0.821. The number of rotatable bonds is 3. The van der Waals surface area contributed by atoms with Crippen LogP contribution >= 0.6 is 0 Å². The SMILES string of the molecule is CCS(=O)(=O)C1CN(c2nc3c(c(C#N)c2C#N)CCCCCC3)C1. The highest BCUT2D eigenvalue weighted by Gasteiger charge is 2.38. The van der Waals surface area contributed by atoms with Crippen molar-refractivity contribution in [2.75, 3.05) is 23.7 Å². The molecule has 0 saturated carbocycles. The number of aromatic nitrogens is 1. The smallest absolute Gasteiger partial charge is 0.156 e. The summed E-state index contributed by atoms with van der Waals surface area (Å²) < 4.78 is 24.0. The van der Waals surface area contributed by atoms with Crippen molar-refractivity contribution >= 4 is 15.7 Å². The molecule has 3 rings (SSSR count). The van der Waals surface area contributed by atoms with E-state index in [9.17, 15) is 18.9 Å². The van der Waals surface area contributed by atoms with Crippen molar-refractivity contribution in [1.29, 1.82) is 10.5 Å². The van der Waals surface area contributed by atoms with Crippen LogP contribution in [0.1, 0.15) is 55.0 Å². The van der Waals surface area contributed by atoms with Crippen LogP contribution in [0.4, 0.5) is 5.82 Å². The van der Waals surface area contributed by atoms with Crippen LogP contribution in [0, 0.1) is 22.7 Å². The zero-order valence-corrected chi connectivity index (χ0v) is 15.3.